The molecular weight excluding hydrogens is 496 g/mol. The summed E-state index contributed by atoms with van der Waals surface area (Å²) in [5, 5.41) is 2.22. The molecule has 2 heterocycles. The Morgan fingerprint density at radius 1 is 1.00 bits per heavy atom. The van der Waals surface area contributed by atoms with Crippen LogP contribution < -0.4 is 5.32 Å². The van der Waals surface area contributed by atoms with E-state index in [1.54, 1.807) is 0 Å². The van der Waals surface area contributed by atoms with Crippen LogP contribution in [0, 0.1) is 0 Å². The molecule has 3 unspecified atom stereocenters. The molecule has 2 aliphatic heterocycles. The first kappa shape index (κ1) is 26.1. The monoisotopic (exact) mass is 520 g/mol. The van der Waals surface area contributed by atoms with Gasteiger partial charge in [0.1, 0.15) is 0 Å². The van der Waals surface area contributed by atoms with Crippen molar-refractivity contribution in [3.05, 3.63) is 69.2 Å². The molecule has 0 saturated carbocycles. The smallest absolute Gasteiger partial charge is 0.344 e. The fourth-order valence-corrected chi connectivity index (χ4v) is 5.76. The average molecular weight is 522 g/mol. The summed E-state index contributed by atoms with van der Waals surface area (Å²) in [6.45, 7) is 0.958. The van der Waals surface area contributed by atoms with Gasteiger partial charge < -0.3 is 5.32 Å². The molecule has 3 nitrogen and oxygen atoms in total. The molecule has 0 radical (unpaired) electrons. The van der Waals surface area contributed by atoms with Crippen LogP contribution in [0.4, 0.5) is 13.2 Å². The van der Waals surface area contributed by atoms with Gasteiger partial charge in [-0.2, -0.15) is 13.2 Å². The van der Waals surface area contributed by atoms with Crippen LogP contribution in [0.2, 0.25) is 10.0 Å². The molecule has 4 rings (SSSR count). The molecule has 0 spiro atoms. The van der Waals surface area contributed by atoms with Crippen LogP contribution in [0.15, 0.2) is 42.5 Å². The van der Waals surface area contributed by atoms with E-state index < -0.39 is 22.7 Å². The lowest BCUT2D eigenvalue weighted by molar-refractivity contribution is -0.137. The molecule has 0 aliphatic carbocycles. The van der Waals surface area contributed by atoms with Crippen LogP contribution in [-0.2, 0) is 6.18 Å². The molecule has 2 fully saturated rings. The molecule has 0 bridgehead atoms. The first-order chi connectivity index (χ1) is 15.3. The standard InChI is InChI=1S/C24H25Cl2F3N2O.ClH/c25-18-13-12-17(24(27,28)29)21(26)20(18)23(32)30-22(15-7-2-1-3-8-15)19-11-6-10-16-9-4-5-14-31(16)19;/h1-3,7-8,12-13,16,19,22H,4-6,9-11,14H2,(H,30,32);1H. The van der Waals surface area contributed by atoms with Crippen molar-refractivity contribution in [1.29, 1.82) is 0 Å². The lowest BCUT2D eigenvalue weighted by Crippen LogP contribution is -2.54. The number of nitrogens with zero attached hydrogens (tertiary/aromatic N) is 1. The highest BCUT2D eigenvalue weighted by atomic mass is 35.5. The van der Waals surface area contributed by atoms with Crippen LogP contribution >= 0.6 is 35.6 Å². The number of alkyl halides is 3. The summed E-state index contributed by atoms with van der Waals surface area (Å²) in [5.74, 6) is -0.695. The topological polar surface area (TPSA) is 32.3 Å². The number of hydrogen-bond donors (Lipinski definition) is 1. The van der Waals surface area contributed by atoms with Gasteiger partial charge in [-0.3, -0.25) is 9.69 Å². The maximum absolute atomic E-state index is 13.4. The second kappa shape index (κ2) is 10.9. The van der Waals surface area contributed by atoms with Gasteiger partial charge in [0.2, 0.25) is 0 Å². The van der Waals surface area contributed by atoms with Crippen molar-refractivity contribution in [1.82, 2.24) is 10.2 Å². The van der Waals surface area contributed by atoms with Crippen molar-refractivity contribution in [3.8, 4) is 0 Å². The third-order valence-corrected chi connectivity index (χ3v) is 7.30. The SMILES string of the molecule is Cl.O=C(NC(c1ccccc1)C1CCCC2CCCCN21)c1c(Cl)ccc(C(F)(F)F)c1Cl. The quantitative estimate of drug-likeness (QED) is 0.457. The minimum atomic E-state index is -4.68. The number of rotatable bonds is 4. The van der Waals surface area contributed by atoms with E-state index in [1.807, 2.05) is 30.3 Å². The van der Waals surface area contributed by atoms with Crippen LogP contribution in [0.5, 0.6) is 0 Å². The van der Waals surface area contributed by atoms with Gasteiger partial charge in [0.05, 0.1) is 27.2 Å². The second-order valence-corrected chi connectivity index (χ2v) is 9.31. The van der Waals surface area contributed by atoms with Gasteiger partial charge in [0.15, 0.2) is 0 Å². The fourth-order valence-electron chi connectivity index (χ4n) is 5.11. The number of carbonyl (C=O) groups excluding carboxylic acids is 1. The number of halogens is 6. The van der Waals surface area contributed by atoms with E-state index in [2.05, 4.69) is 10.2 Å². The molecule has 2 aromatic rings. The molecule has 2 aliphatic rings. The molecule has 2 aromatic carbocycles. The summed E-state index contributed by atoms with van der Waals surface area (Å²) >= 11 is 12.2. The summed E-state index contributed by atoms with van der Waals surface area (Å²) in [7, 11) is 0. The lowest BCUT2D eigenvalue weighted by atomic mass is 9.84. The number of nitrogens with one attached hydrogen (secondary N) is 1. The molecule has 1 amide bonds. The van der Waals surface area contributed by atoms with Gasteiger partial charge in [-0.05, 0) is 49.9 Å². The highest BCUT2D eigenvalue weighted by molar-refractivity contribution is 6.40. The Morgan fingerprint density at radius 3 is 2.39 bits per heavy atom. The molecule has 1 N–H and O–H groups in total. The number of fused-ring (bicyclic) bond motifs is 1. The average Bonchev–Trinajstić information content (AvgIpc) is 2.77. The van der Waals surface area contributed by atoms with Gasteiger partial charge >= 0.3 is 6.18 Å². The molecule has 9 heteroatoms. The van der Waals surface area contributed by atoms with Crippen molar-refractivity contribution in [2.45, 2.75) is 62.8 Å². The summed E-state index contributed by atoms with van der Waals surface area (Å²) in [4.78, 5) is 15.8. The summed E-state index contributed by atoms with van der Waals surface area (Å²) in [6, 6.07) is 11.6. The number of amides is 1. The zero-order valence-electron chi connectivity index (χ0n) is 17.9. The van der Waals surface area contributed by atoms with Gasteiger partial charge in [0.25, 0.3) is 5.91 Å². The van der Waals surface area contributed by atoms with Crippen molar-refractivity contribution in [3.63, 3.8) is 0 Å². The largest absolute Gasteiger partial charge is 0.417 e. The Hall–Kier alpha value is -1.47. The molecule has 2 saturated heterocycles. The summed E-state index contributed by atoms with van der Waals surface area (Å²) in [6.07, 6.45) is 1.85. The van der Waals surface area contributed by atoms with Crippen LogP contribution in [-0.4, -0.2) is 29.4 Å². The minimum absolute atomic E-state index is 0. The Morgan fingerprint density at radius 2 is 1.70 bits per heavy atom. The third kappa shape index (κ3) is 5.61. The first-order valence-electron chi connectivity index (χ1n) is 10.9. The zero-order chi connectivity index (χ0) is 22.9. The zero-order valence-corrected chi connectivity index (χ0v) is 20.2. The van der Waals surface area contributed by atoms with E-state index in [1.165, 1.54) is 6.42 Å². The van der Waals surface area contributed by atoms with Gasteiger partial charge in [0, 0.05) is 12.1 Å². The van der Waals surface area contributed by atoms with Gasteiger partial charge in [-0.25, -0.2) is 0 Å². The Kier molecular flexibility index (Phi) is 8.60. The summed E-state index contributed by atoms with van der Waals surface area (Å²) < 4.78 is 40.1. The number of carbonyl (C=O) groups is 1. The normalized spacial score (nSPS) is 22.1. The number of piperidine rings is 2. The third-order valence-electron chi connectivity index (χ3n) is 6.59. The Bertz CT molecular complexity index is 969. The maximum atomic E-state index is 13.4. The van der Waals surface area contributed by atoms with E-state index >= 15 is 0 Å². The second-order valence-electron chi connectivity index (χ2n) is 8.53. The van der Waals surface area contributed by atoms with Crippen molar-refractivity contribution in [2.75, 3.05) is 6.54 Å². The first-order valence-corrected chi connectivity index (χ1v) is 11.7. The van der Waals surface area contributed by atoms with E-state index in [-0.39, 0.29) is 35.1 Å². The predicted octanol–water partition coefficient (Wildman–Crippen LogP) is 7.31. The van der Waals surface area contributed by atoms with E-state index in [9.17, 15) is 18.0 Å². The van der Waals surface area contributed by atoms with E-state index in [4.69, 9.17) is 23.2 Å². The van der Waals surface area contributed by atoms with E-state index in [0.717, 1.165) is 56.3 Å². The maximum Gasteiger partial charge on any atom is 0.417 e. The molecule has 180 valence electrons. The van der Waals surface area contributed by atoms with Crippen LogP contribution in [0.3, 0.4) is 0 Å². The van der Waals surface area contributed by atoms with Crippen LogP contribution in [0.25, 0.3) is 0 Å². The van der Waals surface area contributed by atoms with Gasteiger partial charge in [-0.1, -0.05) is 66.4 Å². The Balaban J connectivity index is 0.00000306. The number of hydrogen-bond acceptors (Lipinski definition) is 2. The van der Waals surface area contributed by atoms with Crippen molar-refractivity contribution < 1.29 is 18.0 Å². The minimum Gasteiger partial charge on any atom is -0.344 e. The van der Waals surface area contributed by atoms with Crippen LogP contribution in [0.1, 0.15) is 66.1 Å². The van der Waals surface area contributed by atoms with Crippen molar-refractivity contribution >= 4 is 41.5 Å². The molecule has 33 heavy (non-hydrogen) atoms. The lowest BCUT2D eigenvalue weighted by Gasteiger charge is -2.48. The molecule has 0 aromatic heterocycles. The number of benzene rings is 2. The highest BCUT2D eigenvalue weighted by Gasteiger charge is 2.39. The predicted molar refractivity (Wildman–Crippen MR) is 127 cm³/mol. The van der Waals surface area contributed by atoms with Gasteiger partial charge in [-0.15, -0.1) is 12.4 Å². The van der Waals surface area contributed by atoms with Crippen molar-refractivity contribution in [2.24, 2.45) is 0 Å². The van der Waals surface area contributed by atoms with E-state index in [0.29, 0.717) is 6.04 Å². The molecular formula is C24H26Cl3F3N2O. The molecule has 3 atom stereocenters. The fraction of sp³-hybridized carbons (Fsp3) is 0.458. The highest BCUT2D eigenvalue weighted by Crippen LogP contribution is 2.40. The summed E-state index contributed by atoms with van der Waals surface area (Å²) in [5.41, 5.74) is -0.495. The Labute approximate surface area is 208 Å².